The molecule has 0 amide bonds. The standard InChI is InChI=1S/C15H18O/c1-12-4-6-14(7-5-12)16-15(3)10-8-13(2)9-11-15/h4-10H,11H2,1-3H3. The zero-order valence-corrected chi connectivity index (χ0v) is 10.2. The molecule has 0 radical (unpaired) electrons. The van der Waals surface area contributed by atoms with E-state index in [2.05, 4.69) is 51.1 Å². The molecule has 0 heterocycles. The van der Waals surface area contributed by atoms with Crippen LogP contribution >= 0.6 is 0 Å². The summed E-state index contributed by atoms with van der Waals surface area (Å²) in [6, 6.07) is 8.21. The number of ether oxygens (including phenoxy) is 1. The summed E-state index contributed by atoms with van der Waals surface area (Å²) in [4.78, 5) is 0. The van der Waals surface area contributed by atoms with Crippen molar-refractivity contribution in [2.24, 2.45) is 0 Å². The van der Waals surface area contributed by atoms with Gasteiger partial charge in [-0.1, -0.05) is 35.4 Å². The van der Waals surface area contributed by atoms with Crippen LogP contribution in [0, 0.1) is 6.92 Å². The first-order valence-corrected chi connectivity index (χ1v) is 5.69. The highest BCUT2D eigenvalue weighted by molar-refractivity contribution is 5.31. The van der Waals surface area contributed by atoms with Gasteiger partial charge >= 0.3 is 0 Å². The van der Waals surface area contributed by atoms with Gasteiger partial charge in [0.1, 0.15) is 11.4 Å². The molecule has 0 spiro atoms. The van der Waals surface area contributed by atoms with Crippen molar-refractivity contribution in [3.05, 3.63) is 53.6 Å². The van der Waals surface area contributed by atoms with E-state index in [-0.39, 0.29) is 5.60 Å². The van der Waals surface area contributed by atoms with E-state index in [0.717, 1.165) is 12.2 Å². The van der Waals surface area contributed by atoms with Crippen LogP contribution in [0.15, 0.2) is 48.1 Å². The summed E-state index contributed by atoms with van der Waals surface area (Å²) in [5, 5.41) is 0. The molecule has 0 saturated heterocycles. The summed E-state index contributed by atoms with van der Waals surface area (Å²) in [5.74, 6) is 0.936. The minimum Gasteiger partial charge on any atom is -0.483 e. The van der Waals surface area contributed by atoms with E-state index in [1.165, 1.54) is 11.1 Å². The number of allylic oxidation sites excluding steroid dienone is 2. The Kier molecular flexibility index (Phi) is 2.86. The van der Waals surface area contributed by atoms with Crippen LogP contribution in [0.5, 0.6) is 5.75 Å². The molecule has 84 valence electrons. The molecule has 0 aliphatic heterocycles. The van der Waals surface area contributed by atoms with Gasteiger partial charge in [-0.3, -0.25) is 0 Å². The zero-order valence-electron chi connectivity index (χ0n) is 10.2. The van der Waals surface area contributed by atoms with Gasteiger partial charge in [0.2, 0.25) is 0 Å². The third-order valence-electron chi connectivity index (χ3n) is 2.90. The molecule has 0 N–H and O–H groups in total. The zero-order chi connectivity index (χ0) is 11.6. The Morgan fingerprint density at radius 3 is 2.38 bits per heavy atom. The van der Waals surface area contributed by atoms with Gasteiger partial charge in [-0.2, -0.15) is 0 Å². The first-order chi connectivity index (χ1) is 7.57. The maximum absolute atomic E-state index is 6.01. The minimum absolute atomic E-state index is 0.200. The Morgan fingerprint density at radius 1 is 1.12 bits per heavy atom. The monoisotopic (exact) mass is 214 g/mol. The third-order valence-corrected chi connectivity index (χ3v) is 2.90. The number of benzene rings is 1. The van der Waals surface area contributed by atoms with Crippen molar-refractivity contribution >= 4 is 0 Å². The molecule has 0 aromatic heterocycles. The molecule has 1 heteroatoms. The maximum atomic E-state index is 6.01. The number of hydrogen-bond acceptors (Lipinski definition) is 1. The minimum atomic E-state index is -0.200. The van der Waals surface area contributed by atoms with Crippen molar-refractivity contribution in [3.8, 4) is 5.75 Å². The maximum Gasteiger partial charge on any atom is 0.128 e. The summed E-state index contributed by atoms with van der Waals surface area (Å²) in [6.45, 7) is 6.31. The lowest BCUT2D eigenvalue weighted by Crippen LogP contribution is -2.30. The van der Waals surface area contributed by atoms with Crippen molar-refractivity contribution in [2.45, 2.75) is 32.8 Å². The summed E-state index contributed by atoms with van der Waals surface area (Å²) in [6.07, 6.45) is 7.41. The van der Waals surface area contributed by atoms with Gasteiger partial charge in [0, 0.05) is 6.42 Å². The molecule has 1 atom stereocenters. The predicted octanol–water partition coefficient (Wildman–Crippen LogP) is 4.04. The van der Waals surface area contributed by atoms with Crippen LogP contribution in [0.3, 0.4) is 0 Å². The lowest BCUT2D eigenvalue weighted by atomic mass is 9.94. The van der Waals surface area contributed by atoms with E-state index >= 15 is 0 Å². The van der Waals surface area contributed by atoms with Crippen LogP contribution in [0.2, 0.25) is 0 Å². The van der Waals surface area contributed by atoms with Crippen molar-refractivity contribution in [3.63, 3.8) is 0 Å². The quantitative estimate of drug-likeness (QED) is 0.722. The Morgan fingerprint density at radius 2 is 1.81 bits per heavy atom. The second kappa shape index (κ2) is 4.17. The van der Waals surface area contributed by atoms with E-state index in [1.807, 2.05) is 12.1 Å². The topological polar surface area (TPSA) is 9.23 Å². The summed E-state index contributed by atoms with van der Waals surface area (Å²) >= 11 is 0. The Labute approximate surface area is 97.4 Å². The second-order valence-corrected chi connectivity index (χ2v) is 4.71. The normalized spacial score (nSPS) is 24.1. The van der Waals surface area contributed by atoms with Gasteiger partial charge in [-0.15, -0.1) is 0 Å². The van der Waals surface area contributed by atoms with Gasteiger partial charge < -0.3 is 4.74 Å². The van der Waals surface area contributed by atoms with Gasteiger partial charge in [0.15, 0.2) is 0 Å². The molecule has 1 aromatic rings. The molecule has 1 aliphatic carbocycles. The molecule has 0 fully saturated rings. The van der Waals surface area contributed by atoms with Crippen LogP contribution in [0.1, 0.15) is 25.8 Å². The number of hydrogen-bond donors (Lipinski definition) is 0. The van der Waals surface area contributed by atoms with E-state index in [1.54, 1.807) is 0 Å². The fourth-order valence-electron chi connectivity index (χ4n) is 1.76. The molecular weight excluding hydrogens is 196 g/mol. The molecule has 16 heavy (non-hydrogen) atoms. The molecule has 0 saturated carbocycles. The predicted molar refractivity (Wildman–Crippen MR) is 67.7 cm³/mol. The molecule has 1 nitrogen and oxygen atoms in total. The van der Waals surface area contributed by atoms with Crippen LogP contribution in [-0.2, 0) is 0 Å². The average molecular weight is 214 g/mol. The van der Waals surface area contributed by atoms with Crippen LogP contribution in [0.25, 0.3) is 0 Å². The largest absolute Gasteiger partial charge is 0.483 e. The van der Waals surface area contributed by atoms with Crippen molar-refractivity contribution in [2.75, 3.05) is 0 Å². The summed E-state index contributed by atoms with van der Waals surface area (Å²) < 4.78 is 6.01. The van der Waals surface area contributed by atoms with Gasteiger partial charge in [0.05, 0.1) is 0 Å². The summed E-state index contributed by atoms with van der Waals surface area (Å²) in [5.41, 5.74) is 2.37. The van der Waals surface area contributed by atoms with Crippen LogP contribution < -0.4 is 4.74 Å². The van der Waals surface area contributed by atoms with E-state index in [9.17, 15) is 0 Å². The van der Waals surface area contributed by atoms with Crippen molar-refractivity contribution in [1.29, 1.82) is 0 Å². The Balaban J connectivity index is 2.10. The molecular formula is C15H18O. The highest BCUT2D eigenvalue weighted by Gasteiger charge is 2.23. The third kappa shape index (κ3) is 2.54. The van der Waals surface area contributed by atoms with E-state index in [0.29, 0.717) is 0 Å². The van der Waals surface area contributed by atoms with E-state index in [4.69, 9.17) is 4.74 Å². The lowest BCUT2D eigenvalue weighted by Gasteiger charge is -2.29. The average Bonchev–Trinajstić information content (AvgIpc) is 2.27. The van der Waals surface area contributed by atoms with Crippen LogP contribution in [0.4, 0.5) is 0 Å². The highest BCUT2D eigenvalue weighted by Crippen LogP contribution is 2.27. The molecule has 1 aromatic carbocycles. The Bertz CT molecular complexity index is 425. The Hall–Kier alpha value is -1.50. The summed E-state index contributed by atoms with van der Waals surface area (Å²) in [7, 11) is 0. The lowest BCUT2D eigenvalue weighted by molar-refractivity contribution is 0.142. The second-order valence-electron chi connectivity index (χ2n) is 4.71. The fraction of sp³-hybridized carbons (Fsp3) is 0.333. The number of aryl methyl sites for hydroxylation is 1. The SMILES string of the molecule is CC1=CCC(C)(Oc2ccc(C)cc2)C=C1. The highest BCUT2D eigenvalue weighted by atomic mass is 16.5. The van der Waals surface area contributed by atoms with Crippen molar-refractivity contribution < 1.29 is 4.74 Å². The molecule has 0 bridgehead atoms. The number of rotatable bonds is 2. The first-order valence-electron chi connectivity index (χ1n) is 5.69. The molecule has 2 rings (SSSR count). The fourth-order valence-corrected chi connectivity index (χ4v) is 1.76. The van der Waals surface area contributed by atoms with Gasteiger partial charge in [-0.25, -0.2) is 0 Å². The van der Waals surface area contributed by atoms with Crippen molar-refractivity contribution in [1.82, 2.24) is 0 Å². The van der Waals surface area contributed by atoms with Gasteiger partial charge in [-0.05, 0) is 39.0 Å². The van der Waals surface area contributed by atoms with E-state index < -0.39 is 0 Å². The molecule has 1 aliphatic rings. The first kappa shape index (κ1) is 11.0. The van der Waals surface area contributed by atoms with Crippen LogP contribution in [-0.4, -0.2) is 5.60 Å². The molecule has 1 unspecified atom stereocenters. The smallest absolute Gasteiger partial charge is 0.128 e. The van der Waals surface area contributed by atoms with Gasteiger partial charge in [0.25, 0.3) is 0 Å².